The summed E-state index contributed by atoms with van der Waals surface area (Å²) in [4.78, 5) is 11.0. The van der Waals surface area contributed by atoms with Crippen molar-refractivity contribution >= 4 is 21.9 Å². The van der Waals surface area contributed by atoms with Gasteiger partial charge in [0.25, 0.3) is 0 Å². The molecule has 0 radical (unpaired) electrons. The fourth-order valence-corrected chi connectivity index (χ4v) is 0.499. The van der Waals surface area contributed by atoms with E-state index < -0.39 is 11.6 Å². The van der Waals surface area contributed by atoms with Crippen LogP contribution in [0.3, 0.4) is 0 Å². The van der Waals surface area contributed by atoms with Crippen LogP contribution in [0.1, 0.15) is 20.8 Å². The van der Waals surface area contributed by atoms with Crippen molar-refractivity contribution in [2.24, 2.45) is 0 Å². The predicted molar refractivity (Wildman–Crippen MR) is 45.6 cm³/mol. The Bertz CT molecular complexity index is 137. The molecule has 0 heterocycles. The number of carbonyl (C=O) groups is 1. The lowest BCUT2D eigenvalue weighted by molar-refractivity contribution is -0.161. The number of carbonyl (C=O) groups excluding carboxylic acids is 1. The summed E-state index contributed by atoms with van der Waals surface area (Å²) in [7, 11) is 0. The molecule has 0 aromatic carbocycles. The molecule has 0 saturated heterocycles. The summed E-state index contributed by atoms with van der Waals surface area (Å²) in [5, 5.41) is 9.11. The second-order valence-corrected chi connectivity index (χ2v) is 4.50. The Balaban J connectivity index is 3.71. The van der Waals surface area contributed by atoms with Gasteiger partial charge in [0.05, 0.1) is 0 Å². The van der Waals surface area contributed by atoms with Gasteiger partial charge in [0.2, 0.25) is 0 Å². The molecule has 11 heavy (non-hydrogen) atoms. The van der Waals surface area contributed by atoms with Gasteiger partial charge in [0, 0.05) is 4.83 Å². The summed E-state index contributed by atoms with van der Waals surface area (Å²) < 4.78 is 4.73. The molecule has 0 aromatic heterocycles. The molecule has 0 fully saturated rings. The summed E-state index contributed by atoms with van der Waals surface area (Å²) in [5.41, 5.74) is -1.39. The van der Waals surface area contributed by atoms with E-state index in [0.29, 0.717) is 0 Å². The van der Waals surface area contributed by atoms with Gasteiger partial charge in [-0.3, -0.25) is 0 Å². The van der Waals surface area contributed by atoms with Crippen LogP contribution in [0.2, 0.25) is 0 Å². The number of aliphatic hydroxyl groups is 1. The standard InChI is InChI=1S/C7H13BrO3/c1-5(8)4-11-6(9)7(2,3)10/h5,10H,4H2,1-3H3. The number of alkyl halides is 1. The van der Waals surface area contributed by atoms with E-state index in [2.05, 4.69) is 15.9 Å². The van der Waals surface area contributed by atoms with Gasteiger partial charge in [0.15, 0.2) is 5.60 Å². The van der Waals surface area contributed by atoms with E-state index in [1.165, 1.54) is 13.8 Å². The zero-order valence-corrected chi connectivity index (χ0v) is 8.51. The summed E-state index contributed by atoms with van der Waals surface area (Å²) in [6, 6.07) is 0. The fraction of sp³-hybridized carbons (Fsp3) is 0.857. The van der Waals surface area contributed by atoms with E-state index >= 15 is 0 Å². The van der Waals surface area contributed by atoms with Crippen molar-refractivity contribution in [1.29, 1.82) is 0 Å². The molecule has 0 saturated carbocycles. The fourth-order valence-electron chi connectivity index (χ4n) is 0.367. The Labute approximate surface area is 74.9 Å². The molecule has 3 nitrogen and oxygen atoms in total. The first-order chi connectivity index (χ1) is 4.84. The Morgan fingerprint density at radius 1 is 1.73 bits per heavy atom. The third-order valence-electron chi connectivity index (χ3n) is 0.944. The Kier molecular flexibility index (Phi) is 4.03. The van der Waals surface area contributed by atoms with Gasteiger partial charge in [-0.25, -0.2) is 4.79 Å². The normalized spacial score (nSPS) is 14.3. The van der Waals surface area contributed by atoms with Gasteiger partial charge in [-0.05, 0) is 20.8 Å². The molecule has 1 unspecified atom stereocenters. The van der Waals surface area contributed by atoms with Crippen LogP contribution in [0.4, 0.5) is 0 Å². The van der Waals surface area contributed by atoms with Crippen LogP contribution in [0.15, 0.2) is 0 Å². The van der Waals surface area contributed by atoms with Crippen LogP contribution in [0.25, 0.3) is 0 Å². The first-order valence-electron chi connectivity index (χ1n) is 3.37. The molecule has 0 amide bonds. The third kappa shape index (κ3) is 5.21. The minimum Gasteiger partial charge on any atom is -0.462 e. The molecule has 1 N–H and O–H groups in total. The van der Waals surface area contributed by atoms with Gasteiger partial charge in [-0.2, -0.15) is 0 Å². The third-order valence-corrected chi connectivity index (χ3v) is 1.21. The molecule has 1 atom stereocenters. The monoisotopic (exact) mass is 224 g/mol. The van der Waals surface area contributed by atoms with E-state index in [9.17, 15) is 4.79 Å². The molecule has 4 heteroatoms. The maximum Gasteiger partial charge on any atom is 0.337 e. The van der Waals surface area contributed by atoms with E-state index in [4.69, 9.17) is 9.84 Å². The Morgan fingerprint density at radius 3 is 2.45 bits per heavy atom. The molecular formula is C7H13BrO3. The summed E-state index contributed by atoms with van der Waals surface area (Å²) >= 11 is 3.21. The highest BCUT2D eigenvalue weighted by Crippen LogP contribution is 2.05. The minimum absolute atomic E-state index is 0.119. The van der Waals surface area contributed by atoms with Crippen molar-refractivity contribution in [2.45, 2.75) is 31.2 Å². The highest BCUT2D eigenvalue weighted by molar-refractivity contribution is 9.09. The van der Waals surface area contributed by atoms with Gasteiger partial charge < -0.3 is 9.84 Å². The van der Waals surface area contributed by atoms with Crippen molar-refractivity contribution in [3.63, 3.8) is 0 Å². The van der Waals surface area contributed by atoms with Crippen molar-refractivity contribution < 1.29 is 14.6 Å². The number of ether oxygens (including phenoxy) is 1. The van der Waals surface area contributed by atoms with Crippen LogP contribution in [0, 0.1) is 0 Å². The molecule has 0 aliphatic heterocycles. The molecule has 0 aliphatic carbocycles. The predicted octanol–water partition coefficient (Wildman–Crippen LogP) is 1.08. The maximum atomic E-state index is 10.9. The van der Waals surface area contributed by atoms with E-state index in [-0.39, 0.29) is 11.4 Å². The number of hydrogen-bond acceptors (Lipinski definition) is 3. The van der Waals surface area contributed by atoms with Crippen LogP contribution in [-0.2, 0) is 9.53 Å². The first-order valence-corrected chi connectivity index (χ1v) is 4.29. The average Bonchev–Trinajstić information content (AvgIpc) is 1.80. The van der Waals surface area contributed by atoms with Gasteiger partial charge in [-0.1, -0.05) is 15.9 Å². The van der Waals surface area contributed by atoms with Gasteiger partial charge >= 0.3 is 5.97 Å². The maximum absolute atomic E-state index is 10.9. The first kappa shape index (κ1) is 10.9. The second kappa shape index (κ2) is 4.07. The highest BCUT2D eigenvalue weighted by atomic mass is 79.9. The van der Waals surface area contributed by atoms with E-state index in [0.717, 1.165) is 0 Å². The lowest BCUT2D eigenvalue weighted by Gasteiger charge is -2.15. The van der Waals surface area contributed by atoms with Crippen molar-refractivity contribution in [2.75, 3.05) is 6.61 Å². The average molecular weight is 225 g/mol. The van der Waals surface area contributed by atoms with E-state index in [1.54, 1.807) is 0 Å². The van der Waals surface area contributed by atoms with Crippen LogP contribution in [-0.4, -0.2) is 28.1 Å². The van der Waals surface area contributed by atoms with Gasteiger partial charge in [0.1, 0.15) is 6.61 Å². The molecule has 0 spiro atoms. The number of hydrogen-bond donors (Lipinski definition) is 1. The van der Waals surface area contributed by atoms with Gasteiger partial charge in [-0.15, -0.1) is 0 Å². The van der Waals surface area contributed by atoms with Crippen LogP contribution in [0.5, 0.6) is 0 Å². The zero-order valence-electron chi connectivity index (χ0n) is 6.93. The van der Waals surface area contributed by atoms with Crippen LogP contribution < -0.4 is 0 Å². The minimum atomic E-state index is -1.39. The van der Waals surface area contributed by atoms with Crippen molar-refractivity contribution in [3.8, 4) is 0 Å². The van der Waals surface area contributed by atoms with Crippen molar-refractivity contribution in [1.82, 2.24) is 0 Å². The Hall–Kier alpha value is -0.0900. The summed E-state index contributed by atoms with van der Waals surface area (Å²) in [6.45, 7) is 4.93. The SMILES string of the molecule is CC(Br)COC(=O)C(C)(C)O. The second-order valence-electron chi connectivity index (χ2n) is 2.94. The largest absolute Gasteiger partial charge is 0.462 e. The lowest BCUT2D eigenvalue weighted by atomic mass is 10.1. The summed E-state index contributed by atoms with van der Waals surface area (Å²) in [6.07, 6.45) is 0. The van der Waals surface area contributed by atoms with Crippen molar-refractivity contribution in [3.05, 3.63) is 0 Å². The number of halogens is 1. The highest BCUT2D eigenvalue weighted by Gasteiger charge is 2.25. The quantitative estimate of drug-likeness (QED) is 0.577. The molecule has 66 valence electrons. The molecule has 0 bridgehead atoms. The molecule has 0 aliphatic rings. The van der Waals surface area contributed by atoms with E-state index in [1.807, 2.05) is 6.92 Å². The van der Waals surface area contributed by atoms with Crippen LogP contribution >= 0.6 is 15.9 Å². The molecular weight excluding hydrogens is 212 g/mol. The topological polar surface area (TPSA) is 46.5 Å². The Morgan fingerprint density at radius 2 is 2.18 bits per heavy atom. The molecule has 0 rings (SSSR count). The number of esters is 1. The smallest absolute Gasteiger partial charge is 0.337 e. The molecule has 0 aromatic rings. The zero-order chi connectivity index (χ0) is 9.07. The lowest BCUT2D eigenvalue weighted by Crippen LogP contribution is -2.34. The number of rotatable bonds is 3. The summed E-state index contributed by atoms with van der Waals surface area (Å²) in [5.74, 6) is -0.594.